The van der Waals surface area contributed by atoms with E-state index in [0.717, 1.165) is 11.3 Å². The second-order valence-corrected chi connectivity index (χ2v) is 3.43. The zero-order valence-electron chi connectivity index (χ0n) is 7.88. The normalized spacial score (nSPS) is 25.0. The number of oxime groups is 1. The highest BCUT2D eigenvalue weighted by molar-refractivity contribution is 6.02. The van der Waals surface area contributed by atoms with Crippen molar-refractivity contribution >= 4 is 11.7 Å². The summed E-state index contributed by atoms with van der Waals surface area (Å²) in [5, 5.41) is 12.4. The Morgan fingerprint density at radius 3 is 3.33 bits per heavy atom. The molecule has 0 saturated carbocycles. The van der Waals surface area contributed by atoms with Crippen LogP contribution in [0.2, 0.25) is 0 Å². The van der Waals surface area contributed by atoms with Gasteiger partial charge in [-0.05, 0) is 18.1 Å². The Kier molecular flexibility index (Phi) is 2.53. The third-order valence-electron chi connectivity index (χ3n) is 2.26. The van der Waals surface area contributed by atoms with Crippen molar-refractivity contribution in [3.8, 4) is 0 Å². The molecule has 0 aromatic rings. The quantitative estimate of drug-likeness (QED) is 0.584. The lowest BCUT2D eigenvalue weighted by Gasteiger charge is -2.12. The topological polar surface area (TPSA) is 96.9 Å². The van der Waals surface area contributed by atoms with Gasteiger partial charge in [-0.3, -0.25) is 9.73 Å². The fourth-order valence-corrected chi connectivity index (χ4v) is 1.43. The number of hydroxylamine groups is 1. The van der Waals surface area contributed by atoms with Crippen LogP contribution in [0.1, 0.15) is 6.42 Å². The van der Waals surface area contributed by atoms with Gasteiger partial charge in [-0.15, -0.1) is 5.48 Å². The molecule has 1 aliphatic carbocycles. The number of hydrogen-bond acceptors (Lipinski definition) is 5. The predicted octanol–water partition coefficient (Wildman–Crippen LogP) is -0.456. The van der Waals surface area contributed by atoms with Crippen LogP contribution in [0.5, 0.6) is 0 Å². The maximum Gasteiger partial charge on any atom is 0.320 e. The molecule has 0 amide bonds. The van der Waals surface area contributed by atoms with Crippen LogP contribution in [0.4, 0.5) is 0 Å². The Morgan fingerprint density at radius 2 is 2.60 bits per heavy atom. The zero-order valence-corrected chi connectivity index (χ0v) is 7.88. The number of fused-ring (bicyclic) bond motifs is 1. The van der Waals surface area contributed by atoms with Gasteiger partial charge in [0.25, 0.3) is 0 Å². The first-order valence-corrected chi connectivity index (χ1v) is 4.53. The fraction of sp³-hybridized carbons (Fsp3) is 0.333. The minimum absolute atomic E-state index is 0.0326. The molecule has 0 saturated heterocycles. The smallest absolute Gasteiger partial charge is 0.320 e. The van der Waals surface area contributed by atoms with E-state index in [-0.39, 0.29) is 12.5 Å². The first-order chi connectivity index (χ1) is 7.16. The molecule has 1 aliphatic heterocycles. The van der Waals surface area contributed by atoms with E-state index in [4.69, 9.17) is 10.8 Å². The SMILES string of the molecule is NC(CC1=CC2=NONC2C=C1)C(=O)O. The van der Waals surface area contributed by atoms with Crippen molar-refractivity contribution in [3.63, 3.8) is 0 Å². The van der Waals surface area contributed by atoms with Crippen LogP contribution < -0.4 is 11.2 Å². The Bertz CT molecular complexity index is 373. The molecule has 80 valence electrons. The maximum atomic E-state index is 10.6. The number of rotatable bonds is 3. The van der Waals surface area contributed by atoms with Crippen LogP contribution in [-0.2, 0) is 9.73 Å². The van der Waals surface area contributed by atoms with E-state index in [1.54, 1.807) is 6.08 Å². The van der Waals surface area contributed by atoms with Crippen LogP contribution in [0, 0.1) is 0 Å². The van der Waals surface area contributed by atoms with E-state index in [0.29, 0.717) is 0 Å². The van der Waals surface area contributed by atoms with Gasteiger partial charge in [0.1, 0.15) is 17.8 Å². The maximum absolute atomic E-state index is 10.6. The second kappa shape index (κ2) is 3.84. The standard InChI is InChI=1S/C9H11N3O3/c10-6(9(13)14)3-5-1-2-7-8(4-5)12-15-11-7/h1-2,4,6-7,11H,3,10H2,(H,13,14). The minimum Gasteiger partial charge on any atom is -0.480 e. The highest BCUT2D eigenvalue weighted by atomic mass is 16.8. The third kappa shape index (κ3) is 2.05. The molecule has 1 heterocycles. The molecule has 2 atom stereocenters. The first-order valence-electron chi connectivity index (χ1n) is 4.53. The summed E-state index contributed by atoms with van der Waals surface area (Å²) >= 11 is 0. The molecule has 6 heteroatoms. The number of nitrogens with zero attached hydrogens (tertiary/aromatic N) is 1. The van der Waals surface area contributed by atoms with Crippen molar-refractivity contribution in [2.45, 2.75) is 18.5 Å². The van der Waals surface area contributed by atoms with Gasteiger partial charge in [0, 0.05) is 0 Å². The summed E-state index contributed by atoms with van der Waals surface area (Å²) in [6.07, 6.45) is 5.76. The molecule has 2 rings (SSSR count). The molecule has 2 aliphatic rings. The fourth-order valence-electron chi connectivity index (χ4n) is 1.43. The molecular weight excluding hydrogens is 198 g/mol. The number of hydrogen-bond donors (Lipinski definition) is 3. The van der Waals surface area contributed by atoms with Gasteiger partial charge in [0.05, 0.1) is 0 Å². The van der Waals surface area contributed by atoms with Crippen molar-refractivity contribution < 1.29 is 14.8 Å². The molecule has 0 spiro atoms. The van der Waals surface area contributed by atoms with Gasteiger partial charge in [-0.1, -0.05) is 17.3 Å². The number of nitrogens with two attached hydrogens (primary N) is 1. The molecule has 4 N–H and O–H groups in total. The zero-order chi connectivity index (χ0) is 10.8. The summed E-state index contributed by atoms with van der Waals surface area (Å²) in [6.45, 7) is 0. The molecule has 2 unspecified atom stereocenters. The molecular formula is C9H11N3O3. The molecule has 0 radical (unpaired) electrons. The summed E-state index contributed by atoms with van der Waals surface area (Å²) in [7, 11) is 0. The highest BCUT2D eigenvalue weighted by Crippen LogP contribution is 2.16. The first kappa shape index (κ1) is 9.88. The van der Waals surface area contributed by atoms with Gasteiger partial charge in [0.15, 0.2) is 0 Å². The number of carboxylic acid groups (broad SMARTS) is 1. The number of allylic oxidation sites excluding steroid dienone is 1. The van der Waals surface area contributed by atoms with Crippen molar-refractivity contribution in [1.82, 2.24) is 5.48 Å². The Morgan fingerprint density at radius 1 is 1.80 bits per heavy atom. The van der Waals surface area contributed by atoms with E-state index in [9.17, 15) is 4.79 Å². The molecule has 0 bridgehead atoms. The van der Waals surface area contributed by atoms with E-state index in [2.05, 4.69) is 15.6 Å². The molecule has 0 aromatic heterocycles. The van der Waals surface area contributed by atoms with Crippen LogP contribution in [-0.4, -0.2) is 28.9 Å². The number of carbonyl (C=O) groups is 1. The van der Waals surface area contributed by atoms with E-state index >= 15 is 0 Å². The van der Waals surface area contributed by atoms with Crippen molar-refractivity contribution in [2.24, 2.45) is 10.9 Å². The van der Waals surface area contributed by atoms with Crippen molar-refractivity contribution in [1.29, 1.82) is 0 Å². The Hall–Kier alpha value is -1.66. The van der Waals surface area contributed by atoms with Gasteiger partial charge >= 0.3 is 5.97 Å². The number of aliphatic carboxylic acids is 1. The summed E-state index contributed by atoms with van der Waals surface area (Å²) in [5.74, 6) is -1.01. The largest absolute Gasteiger partial charge is 0.480 e. The average molecular weight is 209 g/mol. The van der Waals surface area contributed by atoms with Gasteiger partial charge in [0.2, 0.25) is 0 Å². The molecule has 15 heavy (non-hydrogen) atoms. The number of carboxylic acids is 1. The van der Waals surface area contributed by atoms with Crippen LogP contribution in [0.25, 0.3) is 0 Å². The van der Waals surface area contributed by atoms with E-state index in [1.807, 2.05) is 12.2 Å². The third-order valence-corrected chi connectivity index (χ3v) is 2.26. The highest BCUT2D eigenvalue weighted by Gasteiger charge is 2.23. The van der Waals surface area contributed by atoms with Crippen molar-refractivity contribution in [2.75, 3.05) is 0 Å². The van der Waals surface area contributed by atoms with Gasteiger partial charge < -0.3 is 10.8 Å². The number of nitrogens with one attached hydrogen (secondary N) is 1. The molecule has 0 aromatic carbocycles. The van der Waals surface area contributed by atoms with Crippen LogP contribution in [0.3, 0.4) is 0 Å². The lowest BCUT2D eigenvalue weighted by atomic mass is 9.97. The van der Waals surface area contributed by atoms with Gasteiger partial charge in [-0.2, -0.15) is 0 Å². The second-order valence-electron chi connectivity index (χ2n) is 3.43. The monoisotopic (exact) mass is 209 g/mol. The lowest BCUT2D eigenvalue weighted by Crippen LogP contribution is -2.32. The summed E-state index contributed by atoms with van der Waals surface area (Å²) in [4.78, 5) is 15.2. The Labute approximate surface area is 86.0 Å². The lowest BCUT2D eigenvalue weighted by molar-refractivity contribution is -0.138. The van der Waals surface area contributed by atoms with Gasteiger partial charge in [-0.25, -0.2) is 0 Å². The summed E-state index contributed by atoms with van der Waals surface area (Å²) < 4.78 is 0. The minimum atomic E-state index is -1.01. The van der Waals surface area contributed by atoms with Crippen LogP contribution >= 0.6 is 0 Å². The van der Waals surface area contributed by atoms with E-state index < -0.39 is 12.0 Å². The van der Waals surface area contributed by atoms with Crippen molar-refractivity contribution in [3.05, 3.63) is 23.8 Å². The molecule has 6 nitrogen and oxygen atoms in total. The average Bonchev–Trinajstić information content (AvgIpc) is 2.64. The van der Waals surface area contributed by atoms with E-state index in [1.165, 1.54) is 0 Å². The molecule has 0 fully saturated rings. The summed E-state index contributed by atoms with van der Waals surface area (Å²) in [6, 6.07) is -0.914. The van der Waals surface area contributed by atoms with Crippen LogP contribution in [0.15, 0.2) is 29.0 Å². The Balaban J connectivity index is 2.05. The predicted molar refractivity (Wildman–Crippen MR) is 52.9 cm³/mol. The summed E-state index contributed by atoms with van der Waals surface area (Å²) in [5.41, 5.74) is 9.68.